The van der Waals surface area contributed by atoms with Crippen LogP contribution in [-0.4, -0.2) is 31.9 Å². The Balaban J connectivity index is 2.00. The van der Waals surface area contributed by atoms with Crippen molar-refractivity contribution in [3.05, 3.63) is 27.2 Å². The van der Waals surface area contributed by atoms with Crippen LogP contribution < -0.4 is 5.32 Å². The fraction of sp³-hybridized carbons (Fsp3) is 0.562. The summed E-state index contributed by atoms with van der Waals surface area (Å²) in [6, 6.07) is 1.87. The molecule has 0 saturated carbocycles. The number of esters is 1. The van der Waals surface area contributed by atoms with Gasteiger partial charge < -0.3 is 10.1 Å². The van der Waals surface area contributed by atoms with Crippen LogP contribution in [0.1, 0.15) is 30.4 Å². The molecule has 0 atom stereocenters. The van der Waals surface area contributed by atoms with Crippen LogP contribution in [0, 0.1) is 0 Å². The third kappa shape index (κ3) is 4.79. The maximum absolute atomic E-state index is 11.1. The van der Waals surface area contributed by atoms with E-state index in [2.05, 4.69) is 10.1 Å². The van der Waals surface area contributed by atoms with E-state index in [4.69, 9.17) is 23.2 Å². The Morgan fingerprint density at radius 3 is 2.68 bits per heavy atom. The average molecular weight is 362 g/mol. The Morgan fingerprint density at radius 2 is 1.95 bits per heavy atom. The fourth-order valence-corrected chi connectivity index (χ4v) is 4.49. The maximum atomic E-state index is 11.1. The molecule has 1 aliphatic heterocycles. The smallest absolute Gasteiger partial charge is 0.305 e. The van der Waals surface area contributed by atoms with E-state index >= 15 is 0 Å². The number of nitrogens with one attached hydrogen (secondary N) is 1. The molecule has 1 aromatic rings. The number of methoxy groups -OCH3 is 1. The van der Waals surface area contributed by atoms with Gasteiger partial charge in [-0.1, -0.05) is 23.2 Å². The number of carbonyl (C=O) groups excluding carboxylic acids is 1. The molecule has 1 aliphatic rings. The first-order chi connectivity index (χ1) is 10.6. The summed E-state index contributed by atoms with van der Waals surface area (Å²) >= 11 is 14.5. The van der Waals surface area contributed by atoms with Crippen molar-refractivity contribution in [1.29, 1.82) is 0 Å². The van der Waals surface area contributed by atoms with Crippen LogP contribution in [0.25, 0.3) is 0 Å². The van der Waals surface area contributed by atoms with Crippen LogP contribution in [-0.2, 0) is 22.4 Å². The Hall–Kier alpha value is -0.420. The number of unbranched alkanes of at least 4 members (excludes halogenated alkanes) is 1. The Labute approximate surface area is 146 Å². The minimum Gasteiger partial charge on any atom is -0.469 e. The monoisotopic (exact) mass is 361 g/mol. The zero-order valence-corrected chi connectivity index (χ0v) is 15.0. The van der Waals surface area contributed by atoms with Crippen molar-refractivity contribution in [2.45, 2.75) is 37.0 Å². The van der Waals surface area contributed by atoms with Gasteiger partial charge in [0.05, 0.1) is 12.1 Å². The lowest BCUT2D eigenvalue weighted by Crippen LogP contribution is -2.16. The molecule has 0 saturated heterocycles. The van der Waals surface area contributed by atoms with Gasteiger partial charge in [0.15, 0.2) is 0 Å². The highest BCUT2D eigenvalue weighted by molar-refractivity contribution is 7.99. The molecule has 0 amide bonds. The molecular formula is C16H21Cl2NO2S. The highest BCUT2D eigenvalue weighted by atomic mass is 35.5. The van der Waals surface area contributed by atoms with Gasteiger partial charge in [0, 0.05) is 16.3 Å². The maximum Gasteiger partial charge on any atom is 0.305 e. The molecule has 1 aromatic carbocycles. The molecule has 1 N–H and O–H groups in total. The van der Waals surface area contributed by atoms with Crippen molar-refractivity contribution in [3.8, 4) is 0 Å². The van der Waals surface area contributed by atoms with Gasteiger partial charge in [0.25, 0.3) is 0 Å². The molecule has 0 aromatic heterocycles. The number of rotatable bonds is 6. The normalized spacial score (nSPS) is 14.3. The minimum atomic E-state index is -0.144. The lowest BCUT2D eigenvalue weighted by molar-refractivity contribution is -0.140. The van der Waals surface area contributed by atoms with E-state index in [1.807, 2.05) is 6.07 Å². The van der Waals surface area contributed by atoms with Gasteiger partial charge in [-0.15, -0.1) is 11.8 Å². The first-order valence-electron chi connectivity index (χ1n) is 7.53. The predicted octanol–water partition coefficient (Wildman–Crippen LogP) is 4.12. The first-order valence-corrected chi connectivity index (χ1v) is 9.27. The molecule has 0 spiro atoms. The molecule has 3 nitrogen and oxygen atoms in total. The second-order valence-electron chi connectivity index (χ2n) is 5.26. The number of benzene rings is 1. The molecular weight excluding hydrogens is 341 g/mol. The lowest BCUT2D eigenvalue weighted by Gasteiger charge is -2.15. The van der Waals surface area contributed by atoms with Crippen LogP contribution in [0.2, 0.25) is 10.0 Å². The zero-order chi connectivity index (χ0) is 15.9. The van der Waals surface area contributed by atoms with Crippen molar-refractivity contribution < 1.29 is 9.53 Å². The Morgan fingerprint density at radius 1 is 1.23 bits per heavy atom. The van der Waals surface area contributed by atoms with Gasteiger partial charge in [-0.2, -0.15) is 0 Å². The Kier molecular flexibility index (Phi) is 7.35. The molecule has 0 radical (unpaired) electrons. The molecule has 6 heteroatoms. The van der Waals surface area contributed by atoms with Crippen LogP contribution in [0.5, 0.6) is 0 Å². The largest absolute Gasteiger partial charge is 0.469 e. The standard InChI is InChI=1S/C16H21Cl2NO2S/c1-21-15(20)4-2-3-9-22-16-12-6-8-19-7-5-11(12)13(17)10-14(16)18/h10,19H,2-9H2,1H3. The molecule has 0 aliphatic carbocycles. The highest BCUT2D eigenvalue weighted by Crippen LogP contribution is 2.38. The fourth-order valence-electron chi connectivity index (χ4n) is 2.58. The second-order valence-corrected chi connectivity index (χ2v) is 7.18. The number of carbonyl (C=O) groups is 1. The summed E-state index contributed by atoms with van der Waals surface area (Å²) in [5.74, 6) is 0.799. The summed E-state index contributed by atoms with van der Waals surface area (Å²) in [4.78, 5) is 12.2. The van der Waals surface area contributed by atoms with E-state index in [1.54, 1.807) is 11.8 Å². The van der Waals surface area contributed by atoms with Gasteiger partial charge >= 0.3 is 5.97 Å². The van der Waals surface area contributed by atoms with E-state index in [9.17, 15) is 4.79 Å². The number of fused-ring (bicyclic) bond motifs is 1. The van der Waals surface area contributed by atoms with E-state index < -0.39 is 0 Å². The van der Waals surface area contributed by atoms with Gasteiger partial charge in [0.1, 0.15) is 0 Å². The van der Waals surface area contributed by atoms with Gasteiger partial charge in [-0.3, -0.25) is 4.79 Å². The molecule has 22 heavy (non-hydrogen) atoms. The van der Waals surface area contributed by atoms with Gasteiger partial charge in [-0.05, 0) is 61.7 Å². The number of ether oxygens (including phenoxy) is 1. The first kappa shape index (κ1) is 17.9. The minimum absolute atomic E-state index is 0.144. The van der Waals surface area contributed by atoms with Gasteiger partial charge in [0.2, 0.25) is 0 Å². The number of thioether (sulfide) groups is 1. The third-order valence-electron chi connectivity index (χ3n) is 3.75. The van der Waals surface area contributed by atoms with Crippen molar-refractivity contribution >= 4 is 40.9 Å². The van der Waals surface area contributed by atoms with E-state index in [0.29, 0.717) is 6.42 Å². The lowest BCUT2D eigenvalue weighted by atomic mass is 10.0. The summed E-state index contributed by atoms with van der Waals surface area (Å²) < 4.78 is 4.65. The summed E-state index contributed by atoms with van der Waals surface area (Å²) in [5, 5.41) is 4.92. The number of halogens is 2. The van der Waals surface area contributed by atoms with Crippen molar-refractivity contribution in [3.63, 3.8) is 0 Å². The van der Waals surface area contributed by atoms with Crippen LogP contribution in [0.3, 0.4) is 0 Å². The molecule has 0 bridgehead atoms. The SMILES string of the molecule is COC(=O)CCCCSc1c(Cl)cc(Cl)c2c1CCNCC2. The van der Waals surface area contributed by atoms with Gasteiger partial charge in [-0.25, -0.2) is 0 Å². The topological polar surface area (TPSA) is 38.3 Å². The summed E-state index contributed by atoms with van der Waals surface area (Å²) in [6.07, 6.45) is 4.19. The summed E-state index contributed by atoms with van der Waals surface area (Å²) in [5.41, 5.74) is 2.52. The number of hydrogen-bond acceptors (Lipinski definition) is 4. The van der Waals surface area contributed by atoms with Crippen molar-refractivity contribution in [2.24, 2.45) is 0 Å². The van der Waals surface area contributed by atoms with E-state index in [0.717, 1.165) is 59.5 Å². The predicted molar refractivity (Wildman–Crippen MR) is 93.3 cm³/mol. The molecule has 0 unspecified atom stereocenters. The summed E-state index contributed by atoms with van der Waals surface area (Å²) in [7, 11) is 1.42. The van der Waals surface area contributed by atoms with E-state index in [-0.39, 0.29) is 5.97 Å². The van der Waals surface area contributed by atoms with Crippen LogP contribution >= 0.6 is 35.0 Å². The van der Waals surface area contributed by atoms with Crippen LogP contribution in [0.15, 0.2) is 11.0 Å². The second kappa shape index (κ2) is 9.02. The van der Waals surface area contributed by atoms with Crippen molar-refractivity contribution in [1.82, 2.24) is 5.32 Å². The van der Waals surface area contributed by atoms with E-state index in [1.165, 1.54) is 18.2 Å². The summed E-state index contributed by atoms with van der Waals surface area (Å²) in [6.45, 7) is 1.91. The van der Waals surface area contributed by atoms with Crippen LogP contribution in [0.4, 0.5) is 0 Å². The molecule has 0 fully saturated rings. The highest BCUT2D eigenvalue weighted by Gasteiger charge is 2.18. The van der Waals surface area contributed by atoms with Crippen molar-refractivity contribution in [2.75, 3.05) is 26.0 Å². The molecule has 122 valence electrons. The molecule has 2 rings (SSSR count). The Bertz CT molecular complexity index is 537. The quantitative estimate of drug-likeness (QED) is 0.469. The average Bonchev–Trinajstić information content (AvgIpc) is 2.75. The third-order valence-corrected chi connectivity index (χ3v) is 5.75. The number of hydrogen-bond donors (Lipinski definition) is 1. The molecule has 1 heterocycles. The zero-order valence-electron chi connectivity index (χ0n) is 12.7.